The van der Waals surface area contributed by atoms with E-state index in [0.717, 1.165) is 25.8 Å². The Kier molecular flexibility index (Phi) is 6.33. The summed E-state index contributed by atoms with van der Waals surface area (Å²) < 4.78 is 0. The quantitative estimate of drug-likeness (QED) is 0.823. The maximum absolute atomic E-state index is 12.4. The molecule has 2 fully saturated rings. The normalized spacial score (nSPS) is 36.8. The van der Waals surface area contributed by atoms with E-state index in [-0.39, 0.29) is 18.3 Å². The van der Waals surface area contributed by atoms with E-state index in [0.29, 0.717) is 29.3 Å². The van der Waals surface area contributed by atoms with Crippen LogP contribution in [0.4, 0.5) is 0 Å². The van der Waals surface area contributed by atoms with Crippen molar-refractivity contribution < 1.29 is 4.79 Å². The minimum absolute atomic E-state index is 0. The lowest BCUT2D eigenvalue weighted by Crippen LogP contribution is -2.49. The maximum atomic E-state index is 12.4. The Balaban J connectivity index is 0.00000200. The summed E-state index contributed by atoms with van der Waals surface area (Å²) >= 11 is 0. The van der Waals surface area contributed by atoms with Gasteiger partial charge in [0, 0.05) is 18.0 Å². The lowest BCUT2D eigenvalue weighted by Gasteiger charge is -2.40. The molecule has 2 unspecified atom stereocenters. The number of carbonyl (C=O) groups is 1. The SMILES string of the molecule is CC1CC(C)(C)CCC1NC(=O)[C@H]1CCN[C@@H](C)C1.Cl. The van der Waals surface area contributed by atoms with Crippen LogP contribution in [0.25, 0.3) is 0 Å². The van der Waals surface area contributed by atoms with Crippen molar-refractivity contribution in [2.24, 2.45) is 17.3 Å². The van der Waals surface area contributed by atoms with E-state index in [9.17, 15) is 4.79 Å². The smallest absolute Gasteiger partial charge is 0.223 e. The number of carbonyl (C=O) groups excluding carboxylic acids is 1. The average molecular weight is 303 g/mol. The van der Waals surface area contributed by atoms with Crippen LogP contribution in [0.1, 0.15) is 59.8 Å². The Labute approximate surface area is 130 Å². The summed E-state index contributed by atoms with van der Waals surface area (Å²) in [7, 11) is 0. The Morgan fingerprint density at radius 1 is 1.25 bits per heavy atom. The van der Waals surface area contributed by atoms with Crippen molar-refractivity contribution >= 4 is 18.3 Å². The van der Waals surface area contributed by atoms with Gasteiger partial charge in [0.1, 0.15) is 0 Å². The highest BCUT2D eigenvalue weighted by Gasteiger charge is 2.34. The van der Waals surface area contributed by atoms with Crippen LogP contribution < -0.4 is 10.6 Å². The van der Waals surface area contributed by atoms with Crippen molar-refractivity contribution in [1.82, 2.24) is 10.6 Å². The van der Waals surface area contributed by atoms with Crippen molar-refractivity contribution in [2.75, 3.05) is 6.54 Å². The maximum Gasteiger partial charge on any atom is 0.223 e. The van der Waals surface area contributed by atoms with Crippen molar-refractivity contribution in [3.63, 3.8) is 0 Å². The molecule has 1 aliphatic carbocycles. The van der Waals surface area contributed by atoms with Gasteiger partial charge >= 0.3 is 0 Å². The highest BCUT2D eigenvalue weighted by molar-refractivity contribution is 5.85. The molecule has 1 heterocycles. The third-order valence-electron chi connectivity index (χ3n) is 5.02. The van der Waals surface area contributed by atoms with Crippen molar-refractivity contribution in [1.29, 1.82) is 0 Å². The van der Waals surface area contributed by atoms with Crippen LogP contribution in [0.2, 0.25) is 0 Å². The number of amides is 1. The Morgan fingerprint density at radius 3 is 2.55 bits per heavy atom. The Hall–Kier alpha value is -0.280. The van der Waals surface area contributed by atoms with Crippen LogP contribution in [0, 0.1) is 17.3 Å². The minimum atomic E-state index is 0. The van der Waals surface area contributed by atoms with Crippen LogP contribution in [0.3, 0.4) is 0 Å². The van der Waals surface area contributed by atoms with Gasteiger partial charge in [-0.3, -0.25) is 4.79 Å². The van der Waals surface area contributed by atoms with Gasteiger partial charge in [0.15, 0.2) is 0 Å². The molecule has 0 aromatic carbocycles. The van der Waals surface area contributed by atoms with Crippen molar-refractivity contribution in [3.05, 3.63) is 0 Å². The fourth-order valence-corrected chi connectivity index (χ4v) is 3.83. The zero-order valence-corrected chi connectivity index (χ0v) is 14.2. The molecule has 1 saturated carbocycles. The first-order chi connectivity index (χ1) is 8.87. The van der Waals surface area contributed by atoms with Gasteiger partial charge in [0.2, 0.25) is 5.91 Å². The van der Waals surface area contributed by atoms with Crippen molar-refractivity contribution in [2.45, 2.75) is 71.9 Å². The summed E-state index contributed by atoms with van der Waals surface area (Å²) in [5.41, 5.74) is 0.448. The van der Waals surface area contributed by atoms with Crippen LogP contribution in [-0.2, 0) is 4.79 Å². The molecule has 4 atom stereocenters. The number of piperidine rings is 1. The Morgan fingerprint density at radius 2 is 1.95 bits per heavy atom. The number of rotatable bonds is 2. The third kappa shape index (κ3) is 4.63. The highest BCUT2D eigenvalue weighted by Crippen LogP contribution is 2.38. The molecule has 3 nitrogen and oxygen atoms in total. The monoisotopic (exact) mass is 302 g/mol. The van der Waals surface area contributed by atoms with Gasteiger partial charge in [-0.15, -0.1) is 12.4 Å². The summed E-state index contributed by atoms with van der Waals surface area (Å²) in [5.74, 6) is 1.12. The lowest BCUT2D eigenvalue weighted by molar-refractivity contribution is -0.127. The predicted molar refractivity (Wildman–Crippen MR) is 86.2 cm³/mol. The predicted octanol–water partition coefficient (Wildman–Crippen LogP) is 3.13. The number of hydrogen-bond donors (Lipinski definition) is 2. The number of hydrogen-bond acceptors (Lipinski definition) is 2. The van der Waals surface area contributed by atoms with Gasteiger partial charge < -0.3 is 10.6 Å². The lowest BCUT2D eigenvalue weighted by atomic mass is 9.70. The molecule has 2 aliphatic rings. The zero-order valence-electron chi connectivity index (χ0n) is 13.4. The van der Waals surface area contributed by atoms with Crippen LogP contribution in [0.5, 0.6) is 0 Å². The molecule has 2 rings (SSSR count). The topological polar surface area (TPSA) is 41.1 Å². The van der Waals surface area contributed by atoms with E-state index >= 15 is 0 Å². The molecule has 1 amide bonds. The molecular weight excluding hydrogens is 272 g/mol. The molecule has 0 aromatic heterocycles. The van der Waals surface area contributed by atoms with E-state index < -0.39 is 0 Å². The van der Waals surface area contributed by atoms with E-state index in [4.69, 9.17) is 0 Å². The van der Waals surface area contributed by atoms with Crippen LogP contribution in [0.15, 0.2) is 0 Å². The van der Waals surface area contributed by atoms with E-state index in [1.54, 1.807) is 0 Å². The first-order valence-corrected chi connectivity index (χ1v) is 7.91. The van der Waals surface area contributed by atoms with Gasteiger partial charge in [0.05, 0.1) is 0 Å². The van der Waals surface area contributed by atoms with E-state index in [1.807, 2.05) is 0 Å². The summed E-state index contributed by atoms with van der Waals surface area (Å²) in [6, 6.07) is 0.873. The molecule has 0 radical (unpaired) electrons. The van der Waals surface area contributed by atoms with Gasteiger partial charge in [-0.2, -0.15) is 0 Å². The molecule has 0 spiro atoms. The van der Waals surface area contributed by atoms with Gasteiger partial charge in [0.25, 0.3) is 0 Å². The number of halogens is 1. The molecule has 0 bridgehead atoms. The third-order valence-corrected chi connectivity index (χ3v) is 5.02. The molecule has 1 aliphatic heterocycles. The summed E-state index contributed by atoms with van der Waals surface area (Å²) in [6.07, 6.45) is 5.56. The fraction of sp³-hybridized carbons (Fsp3) is 0.938. The second-order valence-electron chi connectivity index (χ2n) is 7.58. The second kappa shape index (κ2) is 7.13. The standard InChI is InChI=1S/C16H30N2O.ClH/c1-11-10-16(3,4)7-5-14(11)18-15(19)13-6-8-17-12(2)9-13;/h11-14,17H,5-10H2,1-4H3,(H,18,19);1H/t11?,12-,13-,14?;/m0./s1. The van der Waals surface area contributed by atoms with Gasteiger partial charge in [-0.25, -0.2) is 0 Å². The second-order valence-corrected chi connectivity index (χ2v) is 7.58. The molecule has 0 aromatic rings. The average Bonchev–Trinajstić information content (AvgIpc) is 2.32. The fourth-order valence-electron chi connectivity index (χ4n) is 3.83. The first kappa shape index (κ1) is 17.8. The molecular formula is C16H31ClN2O. The molecule has 20 heavy (non-hydrogen) atoms. The van der Waals surface area contributed by atoms with Gasteiger partial charge in [-0.05, 0) is 56.9 Å². The molecule has 118 valence electrons. The van der Waals surface area contributed by atoms with Crippen LogP contribution in [-0.4, -0.2) is 24.5 Å². The Bertz CT molecular complexity index is 332. The first-order valence-electron chi connectivity index (χ1n) is 7.91. The highest BCUT2D eigenvalue weighted by atomic mass is 35.5. The zero-order chi connectivity index (χ0) is 14.0. The summed E-state index contributed by atoms with van der Waals surface area (Å²) in [4.78, 5) is 12.4. The van der Waals surface area contributed by atoms with Crippen LogP contribution >= 0.6 is 12.4 Å². The molecule has 2 N–H and O–H groups in total. The summed E-state index contributed by atoms with van der Waals surface area (Å²) in [5, 5.41) is 6.74. The van der Waals surface area contributed by atoms with E-state index in [1.165, 1.54) is 12.8 Å². The minimum Gasteiger partial charge on any atom is -0.353 e. The van der Waals surface area contributed by atoms with Crippen molar-refractivity contribution in [3.8, 4) is 0 Å². The largest absolute Gasteiger partial charge is 0.353 e. The number of nitrogens with one attached hydrogen (secondary N) is 2. The molecule has 4 heteroatoms. The van der Waals surface area contributed by atoms with E-state index in [2.05, 4.69) is 38.3 Å². The molecule has 1 saturated heterocycles. The van der Waals surface area contributed by atoms with Gasteiger partial charge in [-0.1, -0.05) is 20.8 Å². The summed E-state index contributed by atoms with van der Waals surface area (Å²) in [6.45, 7) is 10.1.